The first-order valence-corrected chi connectivity index (χ1v) is 6.73. The Morgan fingerprint density at radius 3 is 2.53 bits per heavy atom. The molecule has 0 spiro atoms. The van der Waals surface area contributed by atoms with Crippen LogP contribution in [0.3, 0.4) is 0 Å². The molecule has 2 amide bonds. The molecule has 0 saturated carbocycles. The van der Waals surface area contributed by atoms with Crippen LogP contribution < -0.4 is 15.8 Å². The van der Waals surface area contributed by atoms with E-state index >= 15 is 0 Å². The highest BCUT2D eigenvalue weighted by Gasteiger charge is 2.20. The maximum absolute atomic E-state index is 11.0. The van der Waals surface area contributed by atoms with Crippen LogP contribution in [0.5, 0.6) is 5.75 Å². The fourth-order valence-electron chi connectivity index (χ4n) is 2.29. The summed E-state index contributed by atoms with van der Waals surface area (Å²) in [7, 11) is 0. The fraction of sp³-hybridized carbons (Fsp3) is 0.500. The van der Waals surface area contributed by atoms with Gasteiger partial charge in [-0.2, -0.15) is 0 Å². The van der Waals surface area contributed by atoms with Crippen LogP contribution in [0, 0.1) is 0 Å². The maximum Gasteiger partial charge on any atom is 0.314 e. The number of primary amides is 1. The van der Waals surface area contributed by atoms with Crippen LogP contribution in [-0.2, 0) is 0 Å². The Kier molecular flexibility index (Phi) is 4.49. The number of nitrogens with one attached hydrogen (secondary N) is 1. The lowest BCUT2D eigenvalue weighted by atomic mass is 10.0. The van der Waals surface area contributed by atoms with Gasteiger partial charge in [0.2, 0.25) is 0 Å². The third kappa shape index (κ3) is 3.77. The van der Waals surface area contributed by atoms with Gasteiger partial charge in [0.15, 0.2) is 0 Å². The number of carbonyl (C=O) groups is 1. The third-order valence-corrected chi connectivity index (χ3v) is 3.34. The summed E-state index contributed by atoms with van der Waals surface area (Å²) in [6.07, 6.45) is 1.85. The normalized spacial score (nSPS) is 16.2. The highest BCUT2D eigenvalue weighted by Crippen LogP contribution is 2.19. The van der Waals surface area contributed by atoms with E-state index in [1.54, 1.807) is 4.90 Å². The molecular formula is C14H21N3O2. The lowest BCUT2D eigenvalue weighted by molar-refractivity contribution is 0.193. The molecule has 0 aromatic heterocycles. The molecule has 0 atom stereocenters. The summed E-state index contributed by atoms with van der Waals surface area (Å²) in [5, 5.41) is 3.48. The number of piperidine rings is 1. The quantitative estimate of drug-likeness (QED) is 0.873. The van der Waals surface area contributed by atoms with Crippen molar-refractivity contribution in [2.45, 2.75) is 25.8 Å². The molecule has 1 aliphatic rings. The van der Waals surface area contributed by atoms with E-state index in [1.165, 1.54) is 0 Å². The number of nitrogens with two attached hydrogens (primary N) is 1. The van der Waals surface area contributed by atoms with E-state index in [2.05, 4.69) is 5.32 Å². The molecule has 0 aliphatic carbocycles. The minimum Gasteiger partial charge on any atom is -0.494 e. The average molecular weight is 263 g/mol. The molecule has 2 rings (SSSR count). The van der Waals surface area contributed by atoms with Gasteiger partial charge in [-0.15, -0.1) is 0 Å². The number of carbonyl (C=O) groups excluding carboxylic acids is 1. The Bertz CT molecular complexity index is 411. The van der Waals surface area contributed by atoms with Crippen molar-refractivity contribution < 1.29 is 9.53 Å². The van der Waals surface area contributed by atoms with Crippen molar-refractivity contribution in [3.05, 3.63) is 24.3 Å². The zero-order valence-corrected chi connectivity index (χ0v) is 11.3. The first-order valence-electron chi connectivity index (χ1n) is 6.73. The van der Waals surface area contributed by atoms with Gasteiger partial charge < -0.3 is 20.7 Å². The fourth-order valence-corrected chi connectivity index (χ4v) is 2.29. The van der Waals surface area contributed by atoms with Gasteiger partial charge in [0, 0.05) is 24.8 Å². The van der Waals surface area contributed by atoms with Crippen molar-refractivity contribution >= 4 is 11.7 Å². The summed E-state index contributed by atoms with van der Waals surface area (Å²) >= 11 is 0. The van der Waals surface area contributed by atoms with Gasteiger partial charge in [-0.3, -0.25) is 0 Å². The monoisotopic (exact) mass is 263 g/mol. The van der Waals surface area contributed by atoms with Gasteiger partial charge in [-0.1, -0.05) is 0 Å². The van der Waals surface area contributed by atoms with Crippen molar-refractivity contribution in [1.82, 2.24) is 4.90 Å². The number of benzene rings is 1. The Morgan fingerprint density at radius 2 is 2.00 bits per heavy atom. The zero-order valence-electron chi connectivity index (χ0n) is 11.3. The second-order valence-electron chi connectivity index (χ2n) is 4.70. The van der Waals surface area contributed by atoms with Gasteiger partial charge in [0.25, 0.3) is 0 Å². The summed E-state index contributed by atoms with van der Waals surface area (Å²) in [6, 6.07) is 8.04. The number of likely N-dealkylation sites (tertiary alicyclic amines) is 1. The Labute approximate surface area is 113 Å². The van der Waals surface area contributed by atoms with E-state index in [0.29, 0.717) is 12.6 Å². The summed E-state index contributed by atoms with van der Waals surface area (Å²) in [4.78, 5) is 12.7. The van der Waals surface area contributed by atoms with E-state index in [1.807, 2.05) is 31.2 Å². The van der Waals surface area contributed by atoms with Crippen molar-refractivity contribution in [2.75, 3.05) is 25.0 Å². The number of amides is 2. The molecule has 5 heteroatoms. The molecule has 1 aromatic rings. The number of ether oxygens (including phenoxy) is 1. The highest BCUT2D eigenvalue weighted by atomic mass is 16.5. The third-order valence-electron chi connectivity index (χ3n) is 3.34. The Morgan fingerprint density at radius 1 is 1.37 bits per heavy atom. The van der Waals surface area contributed by atoms with Crippen LogP contribution in [0.15, 0.2) is 24.3 Å². The second-order valence-corrected chi connectivity index (χ2v) is 4.70. The van der Waals surface area contributed by atoms with Crippen LogP contribution in [0.2, 0.25) is 0 Å². The Balaban J connectivity index is 1.83. The van der Waals surface area contributed by atoms with Gasteiger partial charge in [0.05, 0.1) is 6.61 Å². The van der Waals surface area contributed by atoms with Crippen molar-refractivity contribution in [1.29, 1.82) is 0 Å². The number of rotatable bonds is 4. The van der Waals surface area contributed by atoms with Crippen molar-refractivity contribution in [3.63, 3.8) is 0 Å². The molecule has 1 aliphatic heterocycles. The summed E-state index contributed by atoms with van der Waals surface area (Å²) in [6.45, 7) is 4.10. The Hall–Kier alpha value is -1.91. The first-order chi connectivity index (χ1) is 9.19. The van der Waals surface area contributed by atoms with Crippen LogP contribution in [0.1, 0.15) is 19.8 Å². The molecule has 19 heavy (non-hydrogen) atoms. The predicted octanol–water partition coefficient (Wildman–Crippen LogP) is 2.04. The van der Waals surface area contributed by atoms with E-state index in [9.17, 15) is 4.79 Å². The molecule has 1 fully saturated rings. The van der Waals surface area contributed by atoms with Crippen LogP contribution >= 0.6 is 0 Å². The minimum absolute atomic E-state index is 0.320. The minimum atomic E-state index is -0.320. The van der Waals surface area contributed by atoms with Crippen molar-refractivity contribution in [2.24, 2.45) is 5.73 Å². The zero-order chi connectivity index (χ0) is 13.7. The van der Waals surface area contributed by atoms with Gasteiger partial charge >= 0.3 is 6.03 Å². The molecule has 1 aromatic carbocycles. The van der Waals surface area contributed by atoms with Gasteiger partial charge in [-0.05, 0) is 44.0 Å². The molecule has 3 N–H and O–H groups in total. The molecule has 5 nitrogen and oxygen atoms in total. The number of hydrogen-bond acceptors (Lipinski definition) is 3. The van der Waals surface area contributed by atoms with E-state index in [4.69, 9.17) is 10.5 Å². The SMILES string of the molecule is CCOc1ccc(NC2CCN(C(N)=O)CC2)cc1. The molecule has 1 saturated heterocycles. The topological polar surface area (TPSA) is 67.6 Å². The number of urea groups is 1. The molecule has 104 valence electrons. The van der Waals surface area contributed by atoms with Crippen LogP contribution in [0.4, 0.5) is 10.5 Å². The van der Waals surface area contributed by atoms with E-state index < -0.39 is 0 Å². The van der Waals surface area contributed by atoms with Crippen molar-refractivity contribution in [3.8, 4) is 5.75 Å². The standard InChI is InChI=1S/C14H21N3O2/c1-2-19-13-5-3-11(4-6-13)16-12-7-9-17(10-8-12)14(15)18/h3-6,12,16H,2,7-10H2,1H3,(H2,15,18). The molecular weight excluding hydrogens is 242 g/mol. The molecule has 0 radical (unpaired) electrons. The van der Waals surface area contributed by atoms with E-state index in [0.717, 1.165) is 37.4 Å². The molecule has 0 unspecified atom stereocenters. The summed E-state index contributed by atoms with van der Waals surface area (Å²) in [5.41, 5.74) is 6.35. The largest absolute Gasteiger partial charge is 0.494 e. The van der Waals surface area contributed by atoms with Crippen LogP contribution in [-0.4, -0.2) is 36.7 Å². The van der Waals surface area contributed by atoms with E-state index in [-0.39, 0.29) is 6.03 Å². The number of nitrogens with zero attached hydrogens (tertiary/aromatic N) is 1. The predicted molar refractivity (Wildman–Crippen MR) is 75.4 cm³/mol. The number of hydrogen-bond donors (Lipinski definition) is 2. The molecule has 1 heterocycles. The van der Waals surface area contributed by atoms with Crippen LogP contribution in [0.25, 0.3) is 0 Å². The molecule has 0 bridgehead atoms. The lowest BCUT2D eigenvalue weighted by Crippen LogP contribution is -2.44. The van der Waals surface area contributed by atoms with Gasteiger partial charge in [0.1, 0.15) is 5.75 Å². The number of anilines is 1. The van der Waals surface area contributed by atoms with Gasteiger partial charge in [-0.25, -0.2) is 4.79 Å². The maximum atomic E-state index is 11.0. The second kappa shape index (κ2) is 6.31. The highest BCUT2D eigenvalue weighted by molar-refractivity contribution is 5.72. The summed E-state index contributed by atoms with van der Waals surface area (Å²) < 4.78 is 5.41. The first kappa shape index (κ1) is 13.5. The smallest absolute Gasteiger partial charge is 0.314 e. The lowest BCUT2D eigenvalue weighted by Gasteiger charge is -2.31. The average Bonchev–Trinajstić information content (AvgIpc) is 2.42. The summed E-state index contributed by atoms with van der Waals surface area (Å²) in [5.74, 6) is 0.886.